The minimum atomic E-state index is -0.399. The van der Waals surface area contributed by atoms with E-state index in [2.05, 4.69) is 20.6 Å². The van der Waals surface area contributed by atoms with Crippen molar-refractivity contribution in [3.63, 3.8) is 0 Å². The van der Waals surface area contributed by atoms with Crippen LogP contribution in [0.5, 0.6) is 0 Å². The Morgan fingerprint density at radius 2 is 1.33 bits per heavy atom. The van der Waals surface area contributed by atoms with Crippen LogP contribution in [0.2, 0.25) is 0 Å². The number of aromatic nitrogens is 2. The topological polar surface area (TPSA) is 84.0 Å². The molecule has 3 aromatic rings. The van der Waals surface area contributed by atoms with Crippen LogP contribution in [0.3, 0.4) is 0 Å². The van der Waals surface area contributed by atoms with Crippen LogP contribution in [0.1, 0.15) is 32.1 Å². The minimum absolute atomic E-state index is 0.257. The van der Waals surface area contributed by atoms with Gasteiger partial charge in [-0.3, -0.25) is 9.59 Å². The van der Waals surface area contributed by atoms with Crippen molar-refractivity contribution in [2.24, 2.45) is 0 Å². The molecule has 0 aliphatic carbocycles. The number of hydrogen-bond donors (Lipinski definition) is 2. The number of nitrogens with zero attached hydrogens (tertiary/aromatic N) is 2. The van der Waals surface area contributed by atoms with Crippen LogP contribution >= 0.6 is 0 Å². The number of nitrogens with one attached hydrogen (secondary N) is 2. The molecule has 2 amide bonds. The standard InChI is InChI=1S/C20H19FN4O2/c1-12-13(2)25-18-11-15(5-8-17(18)24-12)20(27)23-10-9-22-19(26)14-3-6-16(21)7-4-14/h3-8,11H,9-10H2,1-2H3,(H,22,26)(H,23,27). The molecule has 0 saturated carbocycles. The van der Waals surface area contributed by atoms with Crippen molar-refractivity contribution in [1.82, 2.24) is 20.6 Å². The first-order valence-corrected chi connectivity index (χ1v) is 8.51. The van der Waals surface area contributed by atoms with E-state index in [-0.39, 0.29) is 24.9 Å². The third-order valence-electron chi connectivity index (χ3n) is 4.14. The highest BCUT2D eigenvalue weighted by molar-refractivity contribution is 5.97. The molecule has 0 atom stereocenters. The monoisotopic (exact) mass is 366 g/mol. The number of hydrogen-bond acceptors (Lipinski definition) is 4. The van der Waals surface area contributed by atoms with E-state index in [1.54, 1.807) is 18.2 Å². The molecule has 0 saturated heterocycles. The van der Waals surface area contributed by atoms with E-state index in [9.17, 15) is 14.0 Å². The third kappa shape index (κ3) is 4.44. The molecule has 3 rings (SSSR count). The van der Waals surface area contributed by atoms with Crippen LogP contribution in [0.25, 0.3) is 11.0 Å². The fourth-order valence-electron chi connectivity index (χ4n) is 2.53. The molecular weight excluding hydrogens is 347 g/mol. The summed E-state index contributed by atoms with van der Waals surface area (Å²) in [5.74, 6) is -0.978. The first kappa shape index (κ1) is 18.4. The smallest absolute Gasteiger partial charge is 0.251 e. The van der Waals surface area contributed by atoms with Gasteiger partial charge in [0, 0.05) is 24.2 Å². The van der Waals surface area contributed by atoms with Crippen molar-refractivity contribution in [2.75, 3.05) is 13.1 Å². The zero-order chi connectivity index (χ0) is 19.4. The van der Waals surface area contributed by atoms with Crippen molar-refractivity contribution in [1.29, 1.82) is 0 Å². The summed E-state index contributed by atoms with van der Waals surface area (Å²) in [5, 5.41) is 5.41. The number of aryl methyl sites for hydroxylation is 2. The Morgan fingerprint density at radius 1 is 0.815 bits per heavy atom. The van der Waals surface area contributed by atoms with Gasteiger partial charge in [-0.15, -0.1) is 0 Å². The normalized spacial score (nSPS) is 10.6. The Kier molecular flexibility index (Phi) is 5.40. The van der Waals surface area contributed by atoms with E-state index in [1.165, 1.54) is 24.3 Å². The van der Waals surface area contributed by atoms with Crippen molar-refractivity contribution in [3.05, 3.63) is 70.8 Å². The SMILES string of the molecule is Cc1nc2ccc(C(=O)NCCNC(=O)c3ccc(F)cc3)cc2nc1C. The van der Waals surface area contributed by atoms with Gasteiger partial charge in [-0.1, -0.05) is 0 Å². The fraction of sp³-hybridized carbons (Fsp3) is 0.200. The number of rotatable bonds is 5. The molecule has 0 fully saturated rings. The Hall–Kier alpha value is -3.35. The summed E-state index contributed by atoms with van der Waals surface area (Å²) in [6.45, 7) is 4.29. The van der Waals surface area contributed by atoms with E-state index in [0.29, 0.717) is 16.6 Å². The zero-order valence-electron chi connectivity index (χ0n) is 15.0. The largest absolute Gasteiger partial charge is 0.350 e. The molecule has 2 N–H and O–H groups in total. The number of carbonyl (C=O) groups is 2. The quantitative estimate of drug-likeness (QED) is 0.680. The highest BCUT2D eigenvalue weighted by atomic mass is 19.1. The molecule has 0 aliphatic rings. The number of fused-ring (bicyclic) bond motifs is 1. The Bertz CT molecular complexity index is 1000. The van der Waals surface area contributed by atoms with Crippen molar-refractivity contribution in [2.45, 2.75) is 13.8 Å². The lowest BCUT2D eigenvalue weighted by molar-refractivity contribution is 0.0927. The first-order chi connectivity index (χ1) is 12.9. The predicted octanol–water partition coefficient (Wildman–Crippen LogP) is 2.55. The molecule has 7 heteroatoms. The maximum atomic E-state index is 12.9. The highest BCUT2D eigenvalue weighted by Crippen LogP contribution is 2.14. The number of halogens is 1. The molecule has 27 heavy (non-hydrogen) atoms. The summed E-state index contributed by atoms with van der Waals surface area (Å²) in [7, 11) is 0. The molecule has 1 heterocycles. The first-order valence-electron chi connectivity index (χ1n) is 8.51. The summed E-state index contributed by atoms with van der Waals surface area (Å²) in [6.07, 6.45) is 0. The Labute approximate surface area is 155 Å². The van der Waals surface area contributed by atoms with Crippen molar-refractivity contribution in [3.8, 4) is 0 Å². The molecular formula is C20H19FN4O2. The summed E-state index contributed by atoms with van der Waals surface area (Å²) >= 11 is 0. The van der Waals surface area contributed by atoms with Gasteiger partial charge in [0.1, 0.15) is 5.82 Å². The summed E-state index contributed by atoms with van der Waals surface area (Å²) in [5.41, 5.74) is 3.92. The predicted molar refractivity (Wildman–Crippen MR) is 100 cm³/mol. The molecule has 6 nitrogen and oxygen atoms in total. The van der Waals surface area contributed by atoms with Gasteiger partial charge < -0.3 is 10.6 Å². The lowest BCUT2D eigenvalue weighted by atomic mass is 10.1. The van der Waals surface area contributed by atoms with Gasteiger partial charge >= 0.3 is 0 Å². The number of benzene rings is 2. The summed E-state index contributed by atoms with van der Waals surface area (Å²) < 4.78 is 12.9. The van der Waals surface area contributed by atoms with Crippen molar-refractivity contribution < 1.29 is 14.0 Å². The van der Waals surface area contributed by atoms with E-state index >= 15 is 0 Å². The second kappa shape index (κ2) is 7.90. The van der Waals surface area contributed by atoms with Crippen molar-refractivity contribution >= 4 is 22.8 Å². The van der Waals surface area contributed by atoms with Crippen LogP contribution in [0, 0.1) is 19.7 Å². The Morgan fingerprint density at radius 3 is 1.96 bits per heavy atom. The average Bonchev–Trinajstić information content (AvgIpc) is 2.66. The second-order valence-corrected chi connectivity index (χ2v) is 6.12. The van der Waals surface area contributed by atoms with Crippen LogP contribution in [0.15, 0.2) is 42.5 Å². The maximum Gasteiger partial charge on any atom is 0.251 e. The van der Waals surface area contributed by atoms with Crippen LogP contribution < -0.4 is 10.6 Å². The lowest BCUT2D eigenvalue weighted by Gasteiger charge is -2.08. The number of amides is 2. The van der Waals surface area contributed by atoms with E-state index in [4.69, 9.17) is 0 Å². The fourth-order valence-corrected chi connectivity index (χ4v) is 2.53. The van der Waals surface area contributed by atoms with E-state index < -0.39 is 5.82 Å². The molecule has 2 aromatic carbocycles. The van der Waals surface area contributed by atoms with Gasteiger partial charge in [0.25, 0.3) is 11.8 Å². The van der Waals surface area contributed by atoms with Gasteiger partial charge in [0.2, 0.25) is 0 Å². The molecule has 0 spiro atoms. The van der Waals surface area contributed by atoms with Gasteiger partial charge in [0.15, 0.2) is 0 Å². The third-order valence-corrected chi connectivity index (χ3v) is 4.14. The van der Waals surface area contributed by atoms with E-state index in [0.717, 1.165) is 16.9 Å². The number of carbonyl (C=O) groups excluding carboxylic acids is 2. The van der Waals surface area contributed by atoms with Gasteiger partial charge in [-0.2, -0.15) is 0 Å². The highest BCUT2D eigenvalue weighted by Gasteiger charge is 2.09. The second-order valence-electron chi connectivity index (χ2n) is 6.12. The van der Waals surface area contributed by atoms with E-state index in [1.807, 2.05) is 13.8 Å². The van der Waals surface area contributed by atoms with Crippen LogP contribution in [-0.4, -0.2) is 34.9 Å². The van der Waals surface area contributed by atoms with Crippen LogP contribution in [0.4, 0.5) is 4.39 Å². The molecule has 0 radical (unpaired) electrons. The molecule has 138 valence electrons. The summed E-state index contributed by atoms with van der Waals surface area (Å²) in [6, 6.07) is 10.4. The van der Waals surface area contributed by atoms with Gasteiger partial charge in [-0.05, 0) is 56.3 Å². The lowest BCUT2D eigenvalue weighted by Crippen LogP contribution is -2.34. The van der Waals surface area contributed by atoms with Crippen LogP contribution in [-0.2, 0) is 0 Å². The zero-order valence-corrected chi connectivity index (χ0v) is 15.0. The van der Waals surface area contributed by atoms with Gasteiger partial charge in [0.05, 0.1) is 22.4 Å². The molecule has 1 aromatic heterocycles. The Balaban J connectivity index is 1.54. The molecule has 0 unspecified atom stereocenters. The average molecular weight is 366 g/mol. The summed E-state index contributed by atoms with van der Waals surface area (Å²) in [4.78, 5) is 33.1. The molecule has 0 bridgehead atoms. The molecule has 0 aliphatic heterocycles. The maximum absolute atomic E-state index is 12.9. The van der Waals surface area contributed by atoms with Gasteiger partial charge in [-0.25, -0.2) is 14.4 Å². The minimum Gasteiger partial charge on any atom is -0.350 e.